The summed E-state index contributed by atoms with van der Waals surface area (Å²) in [6, 6.07) is -1.10. The van der Waals surface area contributed by atoms with Gasteiger partial charge in [-0.3, -0.25) is 4.79 Å². The monoisotopic (exact) mass is 328 g/mol. The van der Waals surface area contributed by atoms with Gasteiger partial charge in [-0.1, -0.05) is 41.0 Å². The highest BCUT2D eigenvalue weighted by molar-refractivity contribution is 5.88. The maximum absolute atomic E-state index is 12.5. The van der Waals surface area contributed by atoms with Crippen LogP contribution < -0.4 is 5.73 Å². The number of ether oxygens (including phenoxy) is 1. The van der Waals surface area contributed by atoms with Gasteiger partial charge in [0, 0.05) is 6.54 Å². The van der Waals surface area contributed by atoms with Crippen molar-refractivity contribution in [2.75, 3.05) is 6.54 Å². The molecule has 0 saturated carbocycles. The highest BCUT2D eigenvalue weighted by Gasteiger charge is 2.40. The third kappa shape index (κ3) is 7.34. The van der Waals surface area contributed by atoms with Crippen molar-refractivity contribution >= 4 is 11.9 Å². The maximum Gasteiger partial charge on any atom is 0.329 e. The number of rotatable bonds is 2. The van der Waals surface area contributed by atoms with Crippen molar-refractivity contribution in [1.82, 2.24) is 4.90 Å². The lowest BCUT2D eigenvalue weighted by Crippen LogP contribution is -2.53. The molecule has 0 bridgehead atoms. The van der Waals surface area contributed by atoms with Gasteiger partial charge < -0.3 is 15.4 Å². The summed E-state index contributed by atoms with van der Waals surface area (Å²) in [5.74, 6) is -0.490. The van der Waals surface area contributed by atoms with E-state index in [0.717, 1.165) is 6.42 Å². The number of hydrogen-bond acceptors (Lipinski definition) is 4. The Morgan fingerprint density at radius 2 is 1.65 bits per heavy atom. The van der Waals surface area contributed by atoms with Crippen molar-refractivity contribution < 1.29 is 14.3 Å². The van der Waals surface area contributed by atoms with Crippen LogP contribution in [-0.2, 0) is 14.3 Å². The zero-order valence-corrected chi connectivity index (χ0v) is 16.2. The third-order valence-electron chi connectivity index (χ3n) is 3.41. The first-order chi connectivity index (χ1) is 10.3. The Labute approximate surface area is 141 Å². The standard InChI is InChI=1S/C15H28N2O3.C3H8/c1-14(2,3)11(16)12(18)17-9-7-8-10(17)13(19)20-15(4,5)6;1-3-2/h10-11H,7-9,16H2,1-6H3;3H2,1-2H3/t10-,11?;/m0./s1. The zero-order chi connectivity index (χ0) is 18.4. The van der Waals surface area contributed by atoms with Crippen molar-refractivity contribution in [2.45, 2.75) is 92.3 Å². The third-order valence-corrected chi connectivity index (χ3v) is 3.41. The largest absolute Gasteiger partial charge is 0.458 e. The molecule has 1 aliphatic heterocycles. The summed E-state index contributed by atoms with van der Waals surface area (Å²) in [6.07, 6.45) is 2.71. The van der Waals surface area contributed by atoms with E-state index < -0.39 is 17.7 Å². The van der Waals surface area contributed by atoms with Crippen molar-refractivity contribution in [3.63, 3.8) is 0 Å². The second kappa shape index (κ2) is 8.67. The molecule has 1 unspecified atom stereocenters. The smallest absolute Gasteiger partial charge is 0.329 e. The first-order valence-electron chi connectivity index (χ1n) is 8.64. The van der Waals surface area contributed by atoms with Gasteiger partial charge >= 0.3 is 5.97 Å². The molecule has 0 spiro atoms. The lowest BCUT2D eigenvalue weighted by atomic mass is 9.86. The summed E-state index contributed by atoms with van der Waals surface area (Å²) in [6.45, 7) is 16.1. The van der Waals surface area contributed by atoms with Gasteiger partial charge in [0.1, 0.15) is 11.6 Å². The van der Waals surface area contributed by atoms with Crippen LogP contribution in [0.25, 0.3) is 0 Å². The molecular weight excluding hydrogens is 292 g/mol. The average molecular weight is 328 g/mol. The van der Waals surface area contributed by atoms with Gasteiger partial charge in [-0.2, -0.15) is 0 Å². The molecule has 0 aromatic carbocycles. The molecule has 1 rings (SSSR count). The number of carbonyl (C=O) groups excluding carboxylic acids is 2. The van der Waals surface area contributed by atoms with Crippen LogP contribution in [0.4, 0.5) is 0 Å². The summed E-state index contributed by atoms with van der Waals surface area (Å²) in [4.78, 5) is 26.2. The zero-order valence-electron chi connectivity index (χ0n) is 16.2. The van der Waals surface area contributed by atoms with Crippen LogP contribution in [-0.4, -0.2) is 41.0 Å². The minimum Gasteiger partial charge on any atom is -0.458 e. The minimum absolute atomic E-state index is 0.161. The lowest BCUT2D eigenvalue weighted by Gasteiger charge is -2.33. The van der Waals surface area contributed by atoms with E-state index in [1.165, 1.54) is 6.42 Å². The maximum atomic E-state index is 12.5. The van der Waals surface area contributed by atoms with E-state index in [9.17, 15) is 9.59 Å². The van der Waals surface area contributed by atoms with Crippen molar-refractivity contribution in [1.29, 1.82) is 0 Å². The Balaban J connectivity index is 0.00000149. The highest BCUT2D eigenvalue weighted by Crippen LogP contribution is 2.25. The Kier molecular flexibility index (Phi) is 8.25. The highest BCUT2D eigenvalue weighted by atomic mass is 16.6. The number of amides is 1. The van der Waals surface area contributed by atoms with E-state index in [0.29, 0.717) is 13.0 Å². The molecule has 0 aliphatic carbocycles. The van der Waals surface area contributed by atoms with Gasteiger partial charge in [0.2, 0.25) is 5.91 Å². The normalized spacial score (nSPS) is 19.7. The van der Waals surface area contributed by atoms with Gasteiger partial charge in [0.25, 0.3) is 0 Å². The van der Waals surface area contributed by atoms with Gasteiger partial charge in [0.05, 0.1) is 6.04 Å². The number of nitrogens with zero attached hydrogens (tertiary/aromatic N) is 1. The van der Waals surface area contributed by atoms with Crippen LogP contribution in [0, 0.1) is 5.41 Å². The van der Waals surface area contributed by atoms with Gasteiger partial charge in [0.15, 0.2) is 0 Å². The fourth-order valence-corrected chi connectivity index (χ4v) is 2.19. The SMILES string of the molecule is CC(C)(C)OC(=O)[C@@H]1CCCN1C(=O)C(N)C(C)(C)C.CCC. The Hall–Kier alpha value is -1.10. The topological polar surface area (TPSA) is 72.6 Å². The number of nitrogens with two attached hydrogens (primary N) is 1. The van der Waals surface area contributed by atoms with Crippen LogP contribution in [0.3, 0.4) is 0 Å². The molecule has 0 aromatic rings. The quantitative estimate of drug-likeness (QED) is 0.791. The molecule has 1 aliphatic rings. The molecule has 2 N–H and O–H groups in total. The van der Waals surface area contributed by atoms with Crippen LogP contribution >= 0.6 is 0 Å². The molecule has 136 valence electrons. The van der Waals surface area contributed by atoms with E-state index in [1.807, 2.05) is 41.5 Å². The summed E-state index contributed by atoms with van der Waals surface area (Å²) in [7, 11) is 0. The van der Waals surface area contributed by atoms with Gasteiger partial charge in [-0.05, 0) is 39.0 Å². The Morgan fingerprint density at radius 3 is 2.04 bits per heavy atom. The molecule has 2 atom stereocenters. The average Bonchev–Trinajstić information content (AvgIpc) is 2.84. The first kappa shape index (κ1) is 21.9. The lowest BCUT2D eigenvalue weighted by molar-refractivity contribution is -0.163. The molecule has 5 nitrogen and oxygen atoms in total. The second-order valence-electron chi connectivity index (χ2n) is 8.27. The van der Waals surface area contributed by atoms with Crippen LogP contribution in [0.1, 0.15) is 74.7 Å². The van der Waals surface area contributed by atoms with Crippen molar-refractivity contribution in [3.05, 3.63) is 0 Å². The predicted molar refractivity (Wildman–Crippen MR) is 94.0 cm³/mol. The van der Waals surface area contributed by atoms with E-state index in [4.69, 9.17) is 10.5 Å². The fraction of sp³-hybridized carbons (Fsp3) is 0.889. The summed E-state index contributed by atoms with van der Waals surface area (Å²) in [5.41, 5.74) is 5.16. The molecule has 0 aromatic heterocycles. The van der Waals surface area contributed by atoms with E-state index in [-0.39, 0.29) is 17.3 Å². The van der Waals surface area contributed by atoms with E-state index in [1.54, 1.807) is 4.90 Å². The number of esters is 1. The van der Waals surface area contributed by atoms with Crippen LogP contribution in [0.2, 0.25) is 0 Å². The van der Waals surface area contributed by atoms with E-state index >= 15 is 0 Å². The van der Waals surface area contributed by atoms with E-state index in [2.05, 4.69) is 13.8 Å². The molecular formula is C18H36N2O3. The summed E-state index contributed by atoms with van der Waals surface area (Å²) in [5, 5.41) is 0. The van der Waals surface area contributed by atoms with Crippen LogP contribution in [0.15, 0.2) is 0 Å². The molecule has 1 amide bonds. The predicted octanol–water partition coefficient (Wildman–Crippen LogP) is 3.11. The first-order valence-corrected chi connectivity index (χ1v) is 8.64. The van der Waals surface area contributed by atoms with Crippen molar-refractivity contribution in [3.8, 4) is 0 Å². The number of likely N-dealkylation sites (tertiary alicyclic amines) is 1. The number of hydrogen-bond donors (Lipinski definition) is 1. The summed E-state index contributed by atoms with van der Waals surface area (Å²) >= 11 is 0. The molecule has 23 heavy (non-hydrogen) atoms. The second-order valence-corrected chi connectivity index (χ2v) is 8.27. The Bertz CT molecular complexity index is 394. The van der Waals surface area contributed by atoms with Gasteiger partial charge in [-0.15, -0.1) is 0 Å². The number of carbonyl (C=O) groups is 2. The summed E-state index contributed by atoms with van der Waals surface area (Å²) < 4.78 is 5.39. The molecule has 1 heterocycles. The molecule has 0 radical (unpaired) electrons. The fourth-order valence-electron chi connectivity index (χ4n) is 2.19. The molecule has 1 fully saturated rings. The van der Waals surface area contributed by atoms with Gasteiger partial charge in [-0.25, -0.2) is 4.79 Å². The minimum atomic E-state index is -0.606. The van der Waals surface area contributed by atoms with Crippen molar-refractivity contribution in [2.24, 2.45) is 11.1 Å². The molecule has 5 heteroatoms. The Morgan fingerprint density at radius 1 is 1.17 bits per heavy atom. The van der Waals surface area contributed by atoms with Crippen LogP contribution in [0.5, 0.6) is 0 Å². The molecule has 1 saturated heterocycles.